The molecular weight excluding hydrogens is 490 g/mol. The minimum atomic E-state index is -5.08. The number of anilines is 2. The number of carbonyl (C=O) groups is 1. The molecule has 0 saturated heterocycles. The van der Waals surface area contributed by atoms with Gasteiger partial charge in [0, 0.05) is 31.2 Å². The lowest BCUT2D eigenvalue weighted by Crippen LogP contribution is -2.24. The first-order valence-electron chi connectivity index (χ1n) is 11.1. The van der Waals surface area contributed by atoms with Gasteiger partial charge in [-0.15, -0.1) is 0 Å². The number of alkyl halides is 4. The van der Waals surface area contributed by atoms with Crippen molar-refractivity contribution in [1.82, 2.24) is 15.0 Å². The molecule has 1 fully saturated rings. The Morgan fingerprint density at radius 3 is 2.37 bits per heavy atom. The van der Waals surface area contributed by atoms with Gasteiger partial charge >= 0.3 is 12.1 Å². The lowest BCUT2D eigenvalue weighted by molar-refractivity contribution is -0.192. The van der Waals surface area contributed by atoms with Gasteiger partial charge in [0.2, 0.25) is 5.95 Å². The zero-order valence-electron chi connectivity index (χ0n) is 19.4. The Bertz CT molecular complexity index is 986. The summed E-state index contributed by atoms with van der Waals surface area (Å²) in [5, 5.41) is 13.6. The third-order valence-corrected chi connectivity index (χ3v) is 6.15. The average molecular weight is 520 g/mol. The van der Waals surface area contributed by atoms with Crippen molar-refractivity contribution >= 4 is 28.5 Å². The summed E-state index contributed by atoms with van der Waals surface area (Å²) in [5.74, 6) is -1.65. The van der Waals surface area contributed by atoms with Crippen LogP contribution >= 0.6 is 0 Å². The van der Waals surface area contributed by atoms with Crippen molar-refractivity contribution in [2.45, 2.75) is 68.7 Å². The lowest BCUT2D eigenvalue weighted by Gasteiger charge is -2.24. The molecule has 2 aromatic heterocycles. The molecule has 0 radical (unpaired) electrons. The van der Waals surface area contributed by atoms with Gasteiger partial charge in [0.1, 0.15) is 12.0 Å². The molecule has 1 saturated carbocycles. The van der Waals surface area contributed by atoms with E-state index in [9.17, 15) is 21.8 Å². The molecule has 0 aromatic carbocycles. The number of hydrogen-bond donors (Lipinski definition) is 3. The van der Waals surface area contributed by atoms with Gasteiger partial charge < -0.3 is 15.7 Å². The highest BCUT2D eigenvalue weighted by Crippen LogP contribution is 2.29. The van der Waals surface area contributed by atoms with Crippen molar-refractivity contribution in [2.75, 3.05) is 23.4 Å². The fourth-order valence-electron chi connectivity index (χ4n) is 3.26. The zero-order chi connectivity index (χ0) is 26.0. The molecule has 3 rings (SSSR count). The number of nitrogens with one attached hydrogen (secondary N) is 2. The van der Waals surface area contributed by atoms with Crippen LogP contribution in [0.25, 0.3) is 11.3 Å². The molecule has 1 aliphatic rings. The summed E-state index contributed by atoms with van der Waals surface area (Å²) in [7, 11) is -1.07. The first-order chi connectivity index (χ1) is 16.5. The van der Waals surface area contributed by atoms with Crippen molar-refractivity contribution in [1.29, 1.82) is 0 Å². The summed E-state index contributed by atoms with van der Waals surface area (Å²) < 4.78 is 56.9. The largest absolute Gasteiger partial charge is 0.490 e. The summed E-state index contributed by atoms with van der Waals surface area (Å²) >= 11 is 0. The van der Waals surface area contributed by atoms with Gasteiger partial charge in [-0.1, -0.05) is 26.2 Å². The second-order valence-corrected chi connectivity index (χ2v) is 9.34. The van der Waals surface area contributed by atoms with E-state index in [0.717, 1.165) is 24.1 Å². The molecule has 0 aliphatic heterocycles. The monoisotopic (exact) mass is 519 g/mol. The fraction of sp³-hybridized carbons (Fsp3) is 0.545. The smallest absolute Gasteiger partial charge is 0.475 e. The lowest BCUT2D eigenvalue weighted by atomic mass is 9.95. The molecule has 35 heavy (non-hydrogen) atoms. The number of nitrogens with zero attached hydrogens (tertiary/aromatic N) is 3. The van der Waals surface area contributed by atoms with Crippen LogP contribution in [-0.4, -0.2) is 61.4 Å². The summed E-state index contributed by atoms with van der Waals surface area (Å²) in [5.41, 5.74) is 1.51. The van der Waals surface area contributed by atoms with Crippen LogP contribution in [0.4, 0.5) is 29.3 Å². The van der Waals surface area contributed by atoms with Crippen molar-refractivity contribution in [3.05, 3.63) is 24.5 Å². The predicted octanol–water partition coefficient (Wildman–Crippen LogP) is 4.81. The van der Waals surface area contributed by atoms with Crippen LogP contribution in [0.15, 0.2) is 29.4 Å². The predicted molar refractivity (Wildman–Crippen MR) is 125 cm³/mol. The van der Waals surface area contributed by atoms with Gasteiger partial charge in [-0.05, 0) is 31.4 Å². The van der Waals surface area contributed by atoms with E-state index in [0.29, 0.717) is 29.1 Å². The van der Waals surface area contributed by atoms with Crippen LogP contribution in [0.2, 0.25) is 0 Å². The number of pyridine rings is 1. The highest BCUT2D eigenvalue weighted by atomic mass is 32.2. The Kier molecular flexibility index (Phi) is 10.8. The zero-order valence-corrected chi connectivity index (χ0v) is 20.3. The van der Waals surface area contributed by atoms with E-state index in [1.807, 2.05) is 19.1 Å². The Morgan fingerprint density at radius 2 is 1.86 bits per heavy atom. The van der Waals surface area contributed by atoms with Gasteiger partial charge in [-0.25, -0.2) is 14.2 Å². The van der Waals surface area contributed by atoms with E-state index in [2.05, 4.69) is 25.6 Å². The van der Waals surface area contributed by atoms with E-state index in [4.69, 9.17) is 9.90 Å². The topological polar surface area (TPSA) is 117 Å². The number of hydrogen-bond acceptors (Lipinski definition) is 7. The molecule has 1 aliphatic carbocycles. The van der Waals surface area contributed by atoms with E-state index in [1.165, 1.54) is 19.3 Å². The van der Waals surface area contributed by atoms with E-state index >= 15 is 0 Å². The first-order valence-corrected chi connectivity index (χ1v) is 12.7. The molecule has 2 unspecified atom stereocenters. The van der Waals surface area contributed by atoms with Crippen LogP contribution in [-0.2, 0) is 15.6 Å². The van der Waals surface area contributed by atoms with Crippen LogP contribution in [0.1, 0.15) is 45.4 Å². The Morgan fingerprint density at radius 1 is 1.20 bits per heavy atom. The Balaban J connectivity index is 0.000000540. The Labute approximate surface area is 203 Å². The summed E-state index contributed by atoms with van der Waals surface area (Å²) in [4.78, 5) is 23.0. The third kappa shape index (κ3) is 9.38. The number of rotatable bonds is 8. The van der Waals surface area contributed by atoms with Crippen LogP contribution < -0.4 is 10.6 Å². The van der Waals surface area contributed by atoms with E-state index < -0.39 is 29.1 Å². The maximum atomic E-state index is 13.6. The van der Waals surface area contributed by atoms with Crippen molar-refractivity contribution in [3.8, 4) is 11.3 Å². The van der Waals surface area contributed by atoms with Gasteiger partial charge in [-0.2, -0.15) is 18.2 Å². The summed E-state index contributed by atoms with van der Waals surface area (Å²) in [6, 6.07) is 4.01. The molecule has 13 heteroatoms. The average Bonchev–Trinajstić information content (AvgIpc) is 2.83. The number of aromatic nitrogens is 3. The second-order valence-electron chi connectivity index (χ2n) is 7.96. The molecule has 0 spiro atoms. The number of halogens is 4. The normalized spacial score (nSPS) is 15.9. The van der Waals surface area contributed by atoms with Crippen LogP contribution in [0.5, 0.6) is 0 Å². The van der Waals surface area contributed by atoms with E-state index in [-0.39, 0.29) is 6.54 Å². The quantitative estimate of drug-likeness (QED) is 0.425. The molecular formula is C22H29F4N5O3S. The molecule has 2 atom stereocenters. The van der Waals surface area contributed by atoms with Crippen LogP contribution in [0, 0.1) is 0 Å². The highest BCUT2D eigenvalue weighted by Gasteiger charge is 2.38. The van der Waals surface area contributed by atoms with Crippen LogP contribution in [0.3, 0.4) is 0 Å². The number of carboxylic acids is 1. The number of carboxylic acid groups (broad SMARTS) is 1. The first kappa shape index (κ1) is 28.4. The standard InChI is InChI=1S/C20H28FN5OS.C2HF3O2/c1-3-14(21)11-23-20-24-13-17(18-10-9-16(12-22-18)28(2)27)19(26-20)25-15-7-5-4-6-8-15;3-2(4,5)1(6)7/h9-10,12-15H,3-8,11H2,1-2H3,(H2,23,24,25,26);(H,6,7). The summed E-state index contributed by atoms with van der Waals surface area (Å²) in [6.45, 7) is 2.00. The highest BCUT2D eigenvalue weighted by molar-refractivity contribution is 7.84. The number of aliphatic carboxylic acids is 1. The van der Waals surface area contributed by atoms with Crippen molar-refractivity contribution < 1.29 is 31.7 Å². The third-order valence-electron chi connectivity index (χ3n) is 5.25. The molecule has 2 heterocycles. The van der Waals surface area contributed by atoms with Gasteiger partial charge in [-0.3, -0.25) is 9.19 Å². The molecule has 194 valence electrons. The van der Waals surface area contributed by atoms with Crippen molar-refractivity contribution in [3.63, 3.8) is 0 Å². The van der Waals surface area contributed by atoms with Gasteiger partial charge in [0.25, 0.3) is 0 Å². The minimum absolute atomic E-state index is 0.188. The van der Waals surface area contributed by atoms with Gasteiger partial charge in [0.05, 0.1) is 27.0 Å². The van der Waals surface area contributed by atoms with E-state index in [1.54, 1.807) is 18.6 Å². The Hall–Kier alpha value is -2.83. The summed E-state index contributed by atoms with van der Waals surface area (Å²) in [6.07, 6.45) is 5.30. The second kappa shape index (κ2) is 13.3. The minimum Gasteiger partial charge on any atom is -0.475 e. The molecule has 2 aromatic rings. The molecule has 8 nitrogen and oxygen atoms in total. The maximum absolute atomic E-state index is 13.6. The molecule has 3 N–H and O–H groups in total. The SMILES string of the molecule is CCC(F)CNc1ncc(-c2ccc(S(C)=O)cn2)c(NC2CCCCC2)n1.O=C(O)C(F)(F)F. The fourth-order valence-corrected chi connectivity index (χ4v) is 3.72. The van der Waals surface area contributed by atoms with Crippen molar-refractivity contribution in [2.24, 2.45) is 0 Å². The molecule has 0 amide bonds. The van der Waals surface area contributed by atoms with Gasteiger partial charge in [0.15, 0.2) is 0 Å². The maximum Gasteiger partial charge on any atom is 0.490 e. The molecule has 0 bridgehead atoms.